The van der Waals surface area contributed by atoms with Crippen molar-refractivity contribution in [2.75, 3.05) is 5.32 Å². The molecule has 1 amide bonds. The standard InChI is InChI=1S/C22H18FN3O2/c23-19-11-9-17(10-12-19)14-25-21-4-2-1-3-20(21)22(27)26-28-15-18-7-5-16(13-24)6-8-18/h1-12,25H,14-15H2,(H,26,27). The summed E-state index contributed by atoms with van der Waals surface area (Å²) in [5.41, 5.74) is 5.80. The lowest BCUT2D eigenvalue weighted by Crippen LogP contribution is -2.24. The van der Waals surface area contributed by atoms with Gasteiger partial charge >= 0.3 is 0 Å². The van der Waals surface area contributed by atoms with Gasteiger partial charge in [-0.1, -0.05) is 36.4 Å². The number of halogens is 1. The third-order valence-electron chi connectivity index (χ3n) is 4.05. The number of anilines is 1. The minimum atomic E-state index is -0.379. The molecule has 2 N–H and O–H groups in total. The minimum Gasteiger partial charge on any atom is -0.380 e. The van der Waals surface area contributed by atoms with E-state index >= 15 is 0 Å². The second-order valence-corrected chi connectivity index (χ2v) is 6.05. The van der Waals surface area contributed by atoms with Gasteiger partial charge in [0.25, 0.3) is 5.91 Å². The Labute approximate surface area is 162 Å². The van der Waals surface area contributed by atoms with E-state index in [2.05, 4.69) is 10.8 Å². The predicted octanol–water partition coefficient (Wildman–Crippen LogP) is 4.17. The molecule has 3 aromatic rings. The predicted molar refractivity (Wildman–Crippen MR) is 104 cm³/mol. The zero-order valence-corrected chi connectivity index (χ0v) is 15.0. The summed E-state index contributed by atoms with van der Waals surface area (Å²) >= 11 is 0. The van der Waals surface area contributed by atoms with E-state index in [1.54, 1.807) is 54.6 Å². The molecule has 0 saturated carbocycles. The molecule has 0 unspecified atom stereocenters. The van der Waals surface area contributed by atoms with Crippen molar-refractivity contribution in [3.63, 3.8) is 0 Å². The maximum Gasteiger partial charge on any atom is 0.276 e. The van der Waals surface area contributed by atoms with Crippen molar-refractivity contribution in [3.8, 4) is 6.07 Å². The van der Waals surface area contributed by atoms with Crippen LogP contribution >= 0.6 is 0 Å². The van der Waals surface area contributed by atoms with Crippen LogP contribution in [-0.4, -0.2) is 5.91 Å². The number of para-hydroxylation sites is 1. The van der Waals surface area contributed by atoms with E-state index in [0.29, 0.717) is 23.4 Å². The van der Waals surface area contributed by atoms with Crippen LogP contribution in [0, 0.1) is 17.1 Å². The molecule has 0 aliphatic carbocycles. The van der Waals surface area contributed by atoms with Gasteiger partial charge in [-0.25, -0.2) is 9.87 Å². The molecule has 5 nitrogen and oxygen atoms in total. The Bertz CT molecular complexity index is 980. The monoisotopic (exact) mass is 375 g/mol. The van der Waals surface area contributed by atoms with E-state index in [-0.39, 0.29) is 18.3 Å². The minimum absolute atomic E-state index is 0.183. The normalized spacial score (nSPS) is 10.1. The molecule has 0 aliphatic rings. The summed E-state index contributed by atoms with van der Waals surface area (Å²) in [7, 11) is 0. The quantitative estimate of drug-likeness (QED) is 0.608. The Balaban J connectivity index is 1.57. The van der Waals surface area contributed by atoms with Gasteiger partial charge in [0.2, 0.25) is 0 Å². The molecule has 0 aromatic heterocycles. The number of hydrogen-bond donors (Lipinski definition) is 2. The highest BCUT2D eigenvalue weighted by Crippen LogP contribution is 2.16. The summed E-state index contributed by atoms with van der Waals surface area (Å²) in [5, 5.41) is 12.0. The number of nitrogens with zero attached hydrogens (tertiary/aromatic N) is 1. The second-order valence-electron chi connectivity index (χ2n) is 6.05. The summed E-state index contributed by atoms with van der Waals surface area (Å²) in [5.74, 6) is -0.668. The number of carbonyl (C=O) groups is 1. The van der Waals surface area contributed by atoms with Gasteiger partial charge in [0.1, 0.15) is 5.82 Å². The highest BCUT2D eigenvalue weighted by atomic mass is 19.1. The van der Waals surface area contributed by atoms with Crippen LogP contribution in [-0.2, 0) is 18.0 Å². The molecule has 0 heterocycles. The smallest absolute Gasteiger partial charge is 0.276 e. The first-order valence-corrected chi connectivity index (χ1v) is 8.64. The van der Waals surface area contributed by atoms with E-state index in [1.807, 2.05) is 12.1 Å². The van der Waals surface area contributed by atoms with Crippen molar-refractivity contribution in [1.29, 1.82) is 5.26 Å². The van der Waals surface area contributed by atoms with Gasteiger partial charge in [-0.3, -0.25) is 9.63 Å². The summed E-state index contributed by atoms with van der Waals surface area (Å²) in [4.78, 5) is 17.7. The van der Waals surface area contributed by atoms with Gasteiger partial charge < -0.3 is 5.32 Å². The number of amides is 1. The molecule has 0 fully saturated rings. The number of benzene rings is 3. The Morgan fingerprint density at radius 1 is 0.964 bits per heavy atom. The van der Waals surface area contributed by atoms with Crippen LogP contribution in [0.15, 0.2) is 72.8 Å². The topological polar surface area (TPSA) is 74.1 Å². The number of hydroxylamine groups is 1. The number of rotatable bonds is 7. The lowest BCUT2D eigenvalue weighted by atomic mass is 10.1. The van der Waals surface area contributed by atoms with Crippen LogP contribution in [0.25, 0.3) is 0 Å². The van der Waals surface area contributed by atoms with Crippen LogP contribution in [0.4, 0.5) is 10.1 Å². The average Bonchev–Trinajstić information content (AvgIpc) is 2.74. The third kappa shape index (κ3) is 5.16. The van der Waals surface area contributed by atoms with Crippen LogP contribution in [0.5, 0.6) is 0 Å². The Hall–Kier alpha value is -3.69. The van der Waals surface area contributed by atoms with Crippen molar-refractivity contribution in [1.82, 2.24) is 5.48 Å². The molecular formula is C22H18FN3O2. The van der Waals surface area contributed by atoms with E-state index in [1.165, 1.54) is 12.1 Å². The molecule has 0 radical (unpaired) electrons. The Morgan fingerprint density at radius 2 is 1.64 bits per heavy atom. The number of hydrogen-bond acceptors (Lipinski definition) is 4. The zero-order valence-electron chi connectivity index (χ0n) is 15.0. The molecule has 28 heavy (non-hydrogen) atoms. The fourth-order valence-electron chi connectivity index (χ4n) is 2.55. The van der Waals surface area contributed by atoms with Gasteiger partial charge in [0.05, 0.1) is 23.8 Å². The lowest BCUT2D eigenvalue weighted by Gasteiger charge is -2.12. The third-order valence-corrected chi connectivity index (χ3v) is 4.05. The molecule has 6 heteroatoms. The second kappa shape index (κ2) is 9.31. The first kappa shape index (κ1) is 19.1. The largest absolute Gasteiger partial charge is 0.380 e. The zero-order chi connectivity index (χ0) is 19.8. The molecule has 3 aromatic carbocycles. The molecule has 0 aliphatic heterocycles. The van der Waals surface area contributed by atoms with Crippen LogP contribution in [0.2, 0.25) is 0 Å². The van der Waals surface area contributed by atoms with Crippen molar-refractivity contribution >= 4 is 11.6 Å². The fraction of sp³-hybridized carbons (Fsp3) is 0.0909. The fourth-order valence-corrected chi connectivity index (χ4v) is 2.55. The van der Waals surface area contributed by atoms with Gasteiger partial charge in [0, 0.05) is 12.2 Å². The highest BCUT2D eigenvalue weighted by Gasteiger charge is 2.11. The summed E-state index contributed by atoms with van der Waals surface area (Å²) in [6, 6.07) is 22.2. The van der Waals surface area contributed by atoms with Crippen molar-refractivity contribution in [2.24, 2.45) is 0 Å². The Morgan fingerprint density at radius 3 is 2.36 bits per heavy atom. The van der Waals surface area contributed by atoms with Crippen molar-refractivity contribution in [2.45, 2.75) is 13.2 Å². The van der Waals surface area contributed by atoms with Gasteiger partial charge in [0.15, 0.2) is 0 Å². The number of carbonyl (C=O) groups excluding carboxylic acids is 1. The molecule has 0 atom stereocenters. The summed E-state index contributed by atoms with van der Waals surface area (Å²) in [6.07, 6.45) is 0. The number of nitrogens with one attached hydrogen (secondary N) is 2. The molecule has 140 valence electrons. The molecule has 3 rings (SSSR count). The molecule has 0 spiro atoms. The van der Waals surface area contributed by atoms with Gasteiger partial charge in [-0.15, -0.1) is 0 Å². The molecular weight excluding hydrogens is 357 g/mol. The van der Waals surface area contributed by atoms with Crippen LogP contribution in [0.1, 0.15) is 27.0 Å². The lowest BCUT2D eigenvalue weighted by molar-refractivity contribution is 0.0234. The van der Waals surface area contributed by atoms with Gasteiger partial charge in [-0.2, -0.15) is 5.26 Å². The van der Waals surface area contributed by atoms with E-state index in [4.69, 9.17) is 10.1 Å². The first-order chi connectivity index (χ1) is 13.7. The average molecular weight is 375 g/mol. The van der Waals surface area contributed by atoms with Crippen molar-refractivity contribution < 1.29 is 14.0 Å². The SMILES string of the molecule is N#Cc1ccc(CONC(=O)c2ccccc2NCc2ccc(F)cc2)cc1. The molecule has 0 saturated heterocycles. The maximum absolute atomic E-state index is 13.0. The Kier molecular flexibility index (Phi) is 6.34. The van der Waals surface area contributed by atoms with Crippen LogP contribution in [0.3, 0.4) is 0 Å². The maximum atomic E-state index is 13.0. The van der Waals surface area contributed by atoms with Crippen LogP contribution < -0.4 is 10.8 Å². The van der Waals surface area contributed by atoms with Crippen molar-refractivity contribution in [3.05, 3.63) is 101 Å². The first-order valence-electron chi connectivity index (χ1n) is 8.64. The van der Waals surface area contributed by atoms with E-state index in [9.17, 15) is 9.18 Å². The summed E-state index contributed by atoms with van der Waals surface area (Å²) < 4.78 is 13.0. The molecule has 0 bridgehead atoms. The summed E-state index contributed by atoms with van der Waals surface area (Å²) in [6.45, 7) is 0.638. The van der Waals surface area contributed by atoms with Gasteiger partial charge in [-0.05, 0) is 47.5 Å². The highest BCUT2D eigenvalue weighted by molar-refractivity contribution is 5.98. The van der Waals surface area contributed by atoms with E-state index in [0.717, 1.165) is 11.1 Å². The van der Waals surface area contributed by atoms with E-state index < -0.39 is 0 Å². The number of nitriles is 1.